The summed E-state index contributed by atoms with van der Waals surface area (Å²) in [4.78, 5) is 25.4. The Morgan fingerprint density at radius 3 is 2.43 bits per heavy atom. The van der Waals surface area contributed by atoms with Gasteiger partial charge in [-0.05, 0) is 24.5 Å². The van der Waals surface area contributed by atoms with Gasteiger partial charge in [-0.15, -0.1) is 0 Å². The van der Waals surface area contributed by atoms with Crippen molar-refractivity contribution in [3.63, 3.8) is 0 Å². The molecule has 0 bridgehead atoms. The summed E-state index contributed by atoms with van der Waals surface area (Å²) in [6.45, 7) is 5.11. The number of carbonyl (C=O) groups is 2. The molecular weight excluding hydrogens is 290 g/mol. The lowest BCUT2D eigenvalue weighted by Gasteiger charge is -2.18. The van der Waals surface area contributed by atoms with Crippen molar-refractivity contribution in [1.82, 2.24) is 10.2 Å². The Hall–Kier alpha value is -2.14. The number of primary amides is 1. The fraction of sp³-hybridized carbons (Fsp3) is 0.444. The third kappa shape index (κ3) is 4.66. The number of hydrogen-bond donors (Lipinski definition) is 2. The molecule has 0 aliphatic carbocycles. The molecule has 1 heterocycles. The second-order valence-corrected chi connectivity index (χ2v) is 6.01. The van der Waals surface area contributed by atoms with Crippen LogP contribution in [0.5, 0.6) is 0 Å². The van der Waals surface area contributed by atoms with E-state index in [1.807, 2.05) is 23.1 Å². The van der Waals surface area contributed by atoms with Gasteiger partial charge < -0.3 is 10.6 Å². The molecule has 1 aromatic carbocycles. The van der Waals surface area contributed by atoms with Gasteiger partial charge in [0, 0.05) is 25.2 Å². The van der Waals surface area contributed by atoms with Gasteiger partial charge in [0.25, 0.3) is 0 Å². The minimum atomic E-state index is -0.414. The fourth-order valence-corrected chi connectivity index (χ4v) is 2.74. The van der Waals surface area contributed by atoms with Crippen molar-refractivity contribution in [1.29, 1.82) is 0 Å². The van der Waals surface area contributed by atoms with E-state index in [-0.39, 0.29) is 17.9 Å². The molecule has 1 aliphatic rings. The number of hydrogen-bond acceptors (Lipinski definition) is 3. The molecule has 2 rings (SSSR count). The lowest BCUT2D eigenvalue weighted by Crippen LogP contribution is -2.43. The third-order valence-electron chi connectivity index (χ3n) is 4.11. The van der Waals surface area contributed by atoms with Crippen molar-refractivity contribution in [3.8, 4) is 0 Å². The zero-order chi connectivity index (χ0) is 16.8. The Morgan fingerprint density at radius 1 is 1.30 bits per heavy atom. The molecule has 2 atom stereocenters. The smallest absolute Gasteiger partial charge is 0.246 e. The summed E-state index contributed by atoms with van der Waals surface area (Å²) in [6.07, 6.45) is 5.25. The minimum Gasteiger partial charge on any atom is -0.368 e. The van der Waals surface area contributed by atoms with Crippen LogP contribution < -0.4 is 11.1 Å². The van der Waals surface area contributed by atoms with E-state index in [2.05, 4.69) is 24.4 Å². The monoisotopic (exact) mass is 315 g/mol. The van der Waals surface area contributed by atoms with Gasteiger partial charge in [0.05, 0.1) is 6.04 Å². The van der Waals surface area contributed by atoms with Crippen LogP contribution in [0, 0.1) is 0 Å². The normalized spacial score (nSPS) is 16.3. The molecule has 5 heteroatoms. The zero-order valence-corrected chi connectivity index (χ0v) is 13.8. The van der Waals surface area contributed by atoms with E-state index in [1.165, 1.54) is 11.1 Å². The number of benzene rings is 1. The topological polar surface area (TPSA) is 75.4 Å². The highest BCUT2D eigenvalue weighted by molar-refractivity contribution is 5.88. The lowest BCUT2D eigenvalue weighted by molar-refractivity contribution is -0.126. The first-order valence-electron chi connectivity index (χ1n) is 8.10. The Balaban J connectivity index is 1.95. The average molecular weight is 315 g/mol. The van der Waals surface area contributed by atoms with Crippen molar-refractivity contribution < 1.29 is 9.59 Å². The predicted molar refractivity (Wildman–Crippen MR) is 90.3 cm³/mol. The Morgan fingerprint density at radius 2 is 1.91 bits per heavy atom. The van der Waals surface area contributed by atoms with Crippen LogP contribution in [-0.2, 0) is 22.7 Å². The van der Waals surface area contributed by atoms with E-state index in [0.717, 1.165) is 12.8 Å². The molecule has 0 radical (unpaired) electrons. The van der Waals surface area contributed by atoms with Crippen LogP contribution in [0.4, 0.5) is 0 Å². The van der Waals surface area contributed by atoms with Gasteiger partial charge in [-0.2, -0.15) is 0 Å². The maximum absolute atomic E-state index is 12.4. The van der Waals surface area contributed by atoms with Gasteiger partial charge in [0.1, 0.15) is 0 Å². The zero-order valence-electron chi connectivity index (χ0n) is 13.8. The highest BCUT2D eigenvalue weighted by Gasteiger charge is 2.21. The molecule has 124 valence electrons. The minimum absolute atomic E-state index is 0.00386. The summed E-state index contributed by atoms with van der Waals surface area (Å²) in [5.74, 6) is -0.392. The highest BCUT2D eigenvalue weighted by atomic mass is 16.2. The van der Waals surface area contributed by atoms with Crippen LogP contribution in [0.1, 0.15) is 37.8 Å². The van der Waals surface area contributed by atoms with Crippen LogP contribution in [0.3, 0.4) is 0 Å². The quantitative estimate of drug-likeness (QED) is 0.752. The maximum atomic E-state index is 12.4. The van der Waals surface area contributed by atoms with Crippen molar-refractivity contribution in [2.45, 2.75) is 51.9 Å². The molecule has 3 N–H and O–H groups in total. The lowest BCUT2D eigenvalue weighted by atomic mass is 10.1. The van der Waals surface area contributed by atoms with E-state index in [9.17, 15) is 9.59 Å². The van der Waals surface area contributed by atoms with Crippen LogP contribution >= 0.6 is 0 Å². The maximum Gasteiger partial charge on any atom is 0.246 e. The van der Waals surface area contributed by atoms with E-state index in [4.69, 9.17) is 5.73 Å². The second-order valence-electron chi connectivity index (χ2n) is 6.01. The Kier molecular flexibility index (Phi) is 5.93. The molecule has 1 aromatic rings. The molecule has 23 heavy (non-hydrogen) atoms. The molecule has 0 unspecified atom stereocenters. The number of fused-ring (bicyclic) bond motifs is 1. The number of carbonyl (C=O) groups excluding carboxylic acids is 2. The number of nitrogens with zero attached hydrogens (tertiary/aromatic N) is 1. The van der Waals surface area contributed by atoms with E-state index in [0.29, 0.717) is 13.1 Å². The SMILES string of the molecule is CCC[C@@H](/C=C/C(=O)N1Cc2ccccc2C1)N[C@@H](C)C(N)=O. The van der Waals surface area contributed by atoms with Crippen molar-refractivity contribution in [3.05, 3.63) is 47.5 Å². The Labute approximate surface area is 137 Å². The van der Waals surface area contributed by atoms with Crippen molar-refractivity contribution in [2.24, 2.45) is 5.73 Å². The average Bonchev–Trinajstić information content (AvgIpc) is 2.96. The number of nitrogens with two attached hydrogens (primary N) is 1. The molecule has 1 aliphatic heterocycles. The van der Waals surface area contributed by atoms with Crippen molar-refractivity contribution in [2.75, 3.05) is 0 Å². The molecule has 0 aromatic heterocycles. The third-order valence-corrected chi connectivity index (χ3v) is 4.11. The molecule has 2 amide bonds. The van der Waals surface area contributed by atoms with Gasteiger partial charge in [-0.25, -0.2) is 0 Å². The van der Waals surface area contributed by atoms with E-state index in [1.54, 1.807) is 13.0 Å². The molecule has 5 nitrogen and oxygen atoms in total. The van der Waals surface area contributed by atoms with E-state index < -0.39 is 6.04 Å². The predicted octanol–water partition coefficient (Wildman–Crippen LogP) is 1.72. The Bertz CT molecular complexity index is 573. The molecule has 0 saturated carbocycles. The summed E-state index contributed by atoms with van der Waals surface area (Å²) in [7, 11) is 0. The van der Waals surface area contributed by atoms with Crippen LogP contribution in [0.25, 0.3) is 0 Å². The van der Waals surface area contributed by atoms with Crippen LogP contribution in [0.15, 0.2) is 36.4 Å². The fourth-order valence-electron chi connectivity index (χ4n) is 2.74. The van der Waals surface area contributed by atoms with Gasteiger partial charge in [0.15, 0.2) is 0 Å². The number of amides is 2. The first-order chi connectivity index (χ1) is 11.0. The molecule has 0 fully saturated rings. The summed E-state index contributed by atoms with van der Waals surface area (Å²) < 4.78 is 0. The van der Waals surface area contributed by atoms with Gasteiger partial charge >= 0.3 is 0 Å². The molecule has 0 saturated heterocycles. The second kappa shape index (κ2) is 7.92. The molecule has 0 spiro atoms. The standard InChI is InChI=1S/C18H25N3O2/c1-3-6-16(20-13(2)18(19)23)9-10-17(22)21-11-14-7-4-5-8-15(14)12-21/h4-5,7-10,13,16,20H,3,6,11-12H2,1-2H3,(H2,19,23)/b10-9+/t13-,16-/m0/s1. The van der Waals surface area contributed by atoms with Crippen LogP contribution in [0.2, 0.25) is 0 Å². The van der Waals surface area contributed by atoms with Gasteiger partial charge in [0.2, 0.25) is 11.8 Å². The summed E-state index contributed by atoms with van der Waals surface area (Å²) in [5, 5.41) is 3.15. The number of nitrogens with one attached hydrogen (secondary N) is 1. The van der Waals surface area contributed by atoms with Crippen molar-refractivity contribution >= 4 is 11.8 Å². The molecular formula is C18H25N3O2. The largest absolute Gasteiger partial charge is 0.368 e. The van der Waals surface area contributed by atoms with Gasteiger partial charge in [-0.1, -0.05) is 43.7 Å². The summed E-state index contributed by atoms with van der Waals surface area (Å²) in [5.41, 5.74) is 7.70. The summed E-state index contributed by atoms with van der Waals surface area (Å²) in [6, 6.07) is 7.66. The van der Waals surface area contributed by atoms with Gasteiger partial charge in [-0.3, -0.25) is 14.9 Å². The first-order valence-corrected chi connectivity index (χ1v) is 8.10. The first kappa shape index (κ1) is 17.2. The van der Waals surface area contributed by atoms with Crippen LogP contribution in [-0.4, -0.2) is 28.8 Å². The van der Waals surface area contributed by atoms with E-state index >= 15 is 0 Å². The highest BCUT2D eigenvalue weighted by Crippen LogP contribution is 2.22. The number of rotatable bonds is 7. The summed E-state index contributed by atoms with van der Waals surface area (Å²) >= 11 is 0.